The van der Waals surface area contributed by atoms with Crippen molar-refractivity contribution < 1.29 is 23.4 Å². The average molecular weight is 319 g/mol. The van der Waals surface area contributed by atoms with Gasteiger partial charge in [0.15, 0.2) is 0 Å². The topological polar surface area (TPSA) is 94.9 Å². The number of hydrogen-bond donors (Lipinski definition) is 2. The Hall–Kier alpha value is -0.960. The molecule has 0 aromatic carbocycles. The molecule has 0 saturated carbocycles. The van der Waals surface area contributed by atoms with Crippen molar-refractivity contribution in [2.24, 2.45) is 0 Å². The van der Waals surface area contributed by atoms with Crippen molar-refractivity contribution in [2.45, 2.75) is 36.7 Å². The molecule has 0 aliphatic carbocycles. The molecule has 1 saturated heterocycles. The summed E-state index contributed by atoms with van der Waals surface area (Å²) in [6.07, 6.45) is 1.44. The fraction of sp³-hybridized carbons (Fsp3) is 0.583. The van der Waals surface area contributed by atoms with E-state index in [1.807, 2.05) is 0 Å². The van der Waals surface area contributed by atoms with Crippen LogP contribution in [0.15, 0.2) is 16.3 Å². The van der Waals surface area contributed by atoms with Crippen LogP contribution in [-0.4, -0.2) is 47.6 Å². The third-order valence-corrected chi connectivity index (χ3v) is 6.44. The number of aromatic carboxylic acids is 1. The third kappa shape index (κ3) is 3.03. The number of rotatable bonds is 3. The highest BCUT2D eigenvalue weighted by Gasteiger charge is 2.34. The lowest BCUT2D eigenvalue weighted by Gasteiger charge is -2.22. The summed E-state index contributed by atoms with van der Waals surface area (Å²) in [6, 6.07) is 1.33. The van der Waals surface area contributed by atoms with E-state index in [1.54, 1.807) is 6.92 Å². The third-order valence-electron chi connectivity index (χ3n) is 3.46. The maximum atomic E-state index is 12.5. The summed E-state index contributed by atoms with van der Waals surface area (Å²) in [7, 11) is -3.82. The van der Waals surface area contributed by atoms with Crippen molar-refractivity contribution in [1.29, 1.82) is 0 Å². The highest BCUT2D eigenvalue weighted by Crippen LogP contribution is 2.29. The van der Waals surface area contributed by atoms with E-state index < -0.39 is 21.6 Å². The van der Waals surface area contributed by atoms with Gasteiger partial charge in [0.1, 0.15) is 9.77 Å². The first-order valence-corrected chi connectivity index (χ1v) is 8.59. The lowest BCUT2D eigenvalue weighted by atomic mass is 9.98. The lowest BCUT2D eigenvalue weighted by Crippen LogP contribution is -2.34. The van der Waals surface area contributed by atoms with Gasteiger partial charge in [0.05, 0.1) is 5.60 Å². The molecular weight excluding hydrogens is 302 g/mol. The van der Waals surface area contributed by atoms with Gasteiger partial charge < -0.3 is 10.2 Å². The SMILES string of the molecule is CC1(O)CCCN(S(=O)(=O)c2ccsc2C(=O)O)CC1. The molecule has 6 nitrogen and oxygen atoms in total. The van der Waals surface area contributed by atoms with Crippen molar-refractivity contribution in [2.75, 3.05) is 13.1 Å². The number of sulfonamides is 1. The maximum Gasteiger partial charge on any atom is 0.347 e. The fourth-order valence-corrected chi connectivity index (χ4v) is 4.99. The van der Waals surface area contributed by atoms with Crippen molar-refractivity contribution in [3.05, 3.63) is 16.3 Å². The van der Waals surface area contributed by atoms with Crippen LogP contribution in [0.25, 0.3) is 0 Å². The molecule has 0 bridgehead atoms. The van der Waals surface area contributed by atoms with E-state index in [1.165, 1.54) is 15.8 Å². The van der Waals surface area contributed by atoms with Crippen LogP contribution < -0.4 is 0 Å². The van der Waals surface area contributed by atoms with Crippen LogP contribution in [0, 0.1) is 0 Å². The number of hydrogen-bond acceptors (Lipinski definition) is 5. The molecule has 1 unspecified atom stereocenters. The van der Waals surface area contributed by atoms with Crippen LogP contribution >= 0.6 is 11.3 Å². The Bertz CT molecular complexity index is 605. The van der Waals surface area contributed by atoms with Gasteiger partial charge in [-0.15, -0.1) is 11.3 Å². The highest BCUT2D eigenvalue weighted by atomic mass is 32.2. The van der Waals surface area contributed by atoms with E-state index in [0.29, 0.717) is 25.8 Å². The molecule has 2 N–H and O–H groups in total. The van der Waals surface area contributed by atoms with E-state index in [2.05, 4.69) is 0 Å². The number of nitrogens with zero attached hydrogens (tertiary/aromatic N) is 1. The van der Waals surface area contributed by atoms with Gasteiger partial charge in [0, 0.05) is 13.1 Å². The Morgan fingerprint density at radius 2 is 2.10 bits per heavy atom. The fourth-order valence-electron chi connectivity index (χ4n) is 2.27. The van der Waals surface area contributed by atoms with Crippen molar-refractivity contribution in [3.63, 3.8) is 0 Å². The zero-order valence-electron chi connectivity index (χ0n) is 11.1. The largest absolute Gasteiger partial charge is 0.477 e. The molecule has 8 heteroatoms. The van der Waals surface area contributed by atoms with E-state index in [9.17, 15) is 18.3 Å². The molecule has 0 amide bonds. The molecule has 0 radical (unpaired) electrons. The zero-order chi connectivity index (χ0) is 15.0. The van der Waals surface area contributed by atoms with Crippen molar-refractivity contribution >= 4 is 27.3 Å². The molecule has 1 aromatic rings. The monoisotopic (exact) mass is 319 g/mol. The molecule has 2 heterocycles. The second-order valence-corrected chi connectivity index (χ2v) is 8.00. The van der Waals surface area contributed by atoms with Crippen LogP contribution in [-0.2, 0) is 10.0 Å². The second kappa shape index (κ2) is 5.44. The number of carboxylic acid groups (broad SMARTS) is 1. The smallest absolute Gasteiger partial charge is 0.347 e. The lowest BCUT2D eigenvalue weighted by molar-refractivity contribution is 0.0464. The number of thiophene rings is 1. The van der Waals surface area contributed by atoms with Crippen LogP contribution in [0.3, 0.4) is 0 Å². The van der Waals surface area contributed by atoms with E-state index in [4.69, 9.17) is 5.11 Å². The highest BCUT2D eigenvalue weighted by molar-refractivity contribution is 7.89. The number of carbonyl (C=O) groups is 1. The van der Waals surface area contributed by atoms with Crippen molar-refractivity contribution in [1.82, 2.24) is 4.31 Å². The quantitative estimate of drug-likeness (QED) is 0.877. The van der Waals surface area contributed by atoms with E-state index in [-0.39, 0.29) is 16.3 Å². The first kappa shape index (κ1) is 15.4. The van der Waals surface area contributed by atoms with E-state index in [0.717, 1.165) is 11.3 Å². The molecule has 1 fully saturated rings. The maximum absolute atomic E-state index is 12.5. The summed E-state index contributed by atoms with van der Waals surface area (Å²) in [6.45, 7) is 2.19. The summed E-state index contributed by atoms with van der Waals surface area (Å²) < 4.78 is 26.3. The first-order chi connectivity index (χ1) is 9.24. The summed E-state index contributed by atoms with van der Waals surface area (Å²) in [5.74, 6) is -1.24. The van der Waals surface area contributed by atoms with Gasteiger partial charge in [-0.05, 0) is 37.6 Å². The molecular formula is C12H17NO5S2. The zero-order valence-corrected chi connectivity index (χ0v) is 12.7. The summed E-state index contributed by atoms with van der Waals surface area (Å²) >= 11 is 0.899. The first-order valence-electron chi connectivity index (χ1n) is 6.27. The van der Waals surface area contributed by atoms with Crippen LogP contribution in [0.5, 0.6) is 0 Å². The predicted octanol–water partition coefficient (Wildman–Crippen LogP) is 1.37. The van der Waals surface area contributed by atoms with Gasteiger partial charge in [0.25, 0.3) is 0 Å². The van der Waals surface area contributed by atoms with Gasteiger partial charge in [-0.3, -0.25) is 0 Å². The average Bonchev–Trinajstić information content (AvgIpc) is 2.76. The van der Waals surface area contributed by atoms with Crippen LogP contribution in [0.1, 0.15) is 35.9 Å². The number of aliphatic hydroxyl groups is 1. The van der Waals surface area contributed by atoms with Gasteiger partial charge >= 0.3 is 5.97 Å². The molecule has 1 aliphatic rings. The predicted molar refractivity (Wildman–Crippen MR) is 74.5 cm³/mol. The molecule has 112 valence electrons. The Morgan fingerprint density at radius 1 is 1.40 bits per heavy atom. The van der Waals surface area contributed by atoms with Crippen molar-refractivity contribution in [3.8, 4) is 0 Å². The minimum Gasteiger partial charge on any atom is -0.477 e. The molecule has 1 aromatic heterocycles. The summed E-state index contributed by atoms with van der Waals surface area (Å²) in [4.78, 5) is 10.7. The Kier molecular flexibility index (Phi) is 4.19. The normalized spacial score (nSPS) is 25.3. The van der Waals surface area contributed by atoms with Gasteiger partial charge in [-0.2, -0.15) is 4.31 Å². The molecule has 2 rings (SSSR count). The Labute approximate surface area is 121 Å². The van der Waals surface area contributed by atoms with E-state index >= 15 is 0 Å². The number of carboxylic acids is 1. The van der Waals surface area contributed by atoms with Gasteiger partial charge in [-0.1, -0.05) is 0 Å². The minimum absolute atomic E-state index is 0.156. The summed E-state index contributed by atoms with van der Waals surface area (Å²) in [5, 5.41) is 20.5. The molecule has 20 heavy (non-hydrogen) atoms. The molecule has 1 aliphatic heterocycles. The second-order valence-electron chi connectivity index (χ2n) is 5.17. The summed E-state index contributed by atoms with van der Waals surface area (Å²) in [5.41, 5.74) is -0.867. The molecule has 1 atom stereocenters. The van der Waals surface area contributed by atoms with Gasteiger partial charge in [-0.25, -0.2) is 13.2 Å². The van der Waals surface area contributed by atoms with Crippen LogP contribution in [0.2, 0.25) is 0 Å². The Morgan fingerprint density at radius 3 is 2.75 bits per heavy atom. The minimum atomic E-state index is -3.82. The standard InChI is InChI=1S/C12H17NO5S2/c1-12(16)4-2-6-13(7-5-12)20(17,18)9-3-8-19-10(9)11(14)15/h3,8,16H,2,4-7H2,1H3,(H,14,15). The Balaban J connectivity index is 2.31. The van der Waals surface area contributed by atoms with Gasteiger partial charge in [0.2, 0.25) is 10.0 Å². The molecule has 0 spiro atoms. The van der Waals surface area contributed by atoms with Crippen LogP contribution in [0.4, 0.5) is 0 Å².